The molecule has 2 aliphatic rings. The zero-order valence-corrected chi connectivity index (χ0v) is 12.9. The summed E-state index contributed by atoms with van der Waals surface area (Å²) in [6.07, 6.45) is 3.83. The fourth-order valence-electron chi connectivity index (χ4n) is 2.94. The Balaban J connectivity index is 1.58. The molecule has 0 radical (unpaired) electrons. The van der Waals surface area contributed by atoms with E-state index in [4.69, 9.17) is 9.47 Å². The molecule has 1 N–H and O–H groups in total. The average molecular weight is 309 g/mol. The fraction of sp³-hybridized carbons (Fsp3) is 0.333. The van der Waals surface area contributed by atoms with Gasteiger partial charge in [0.15, 0.2) is 0 Å². The molecule has 0 amide bonds. The summed E-state index contributed by atoms with van der Waals surface area (Å²) in [5.41, 5.74) is 2.14. The van der Waals surface area contributed by atoms with Crippen LogP contribution < -0.4 is 10.1 Å². The largest absolute Gasteiger partial charge is 0.439 e. The van der Waals surface area contributed by atoms with Crippen molar-refractivity contribution in [2.24, 2.45) is 4.99 Å². The van der Waals surface area contributed by atoms with Gasteiger partial charge in [-0.3, -0.25) is 0 Å². The Labute approximate surface area is 135 Å². The first kappa shape index (κ1) is 14.2. The molecule has 0 spiro atoms. The summed E-state index contributed by atoms with van der Waals surface area (Å²) < 4.78 is 11.4. The number of aliphatic imine (C=N–C) groups is 1. The van der Waals surface area contributed by atoms with Crippen LogP contribution >= 0.6 is 0 Å². The summed E-state index contributed by atoms with van der Waals surface area (Å²) in [6, 6.07) is 12.1. The lowest BCUT2D eigenvalue weighted by Crippen LogP contribution is -2.29. The Bertz CT molecular complexity index is 709. The highest BCUT2D eigenvalue weighted by atomic mass is 16.5. The maximum atomic E-state index is 5.98. The Morgan fingerprint density at radius 2 is 1.91 bits per heavy atom. The van der Waals surface area contributed by atoms with Crippen LogP contribution in [0.25, 0.3) is 0 Å². The minimum Gasteiger partial charge on any atom is -0.439 e. The SMILES string of the molecule is c1ccc(OC2=NCc3ccnc(NC4CCOCC4)c32)cc1. The van der Waals surface area contributed by atoms with Gasteiger partial charge in [-0.25, -0.2) is 9.98 Å². The van der Waals surface area contributed by atoms with Crippen molar-refractivity contribution in [3.63, 3.8) is 0 Å². The average Bonchev–Trinajstić information content (AvgIpc) is 3.01. The molecular formula is C18H19N3O2. The van der Waals surface area contributed by atoms with E-state index in [9.17, 15) is 0 Å². The lowest BCUT2D eigenvalue weighted by molar-refractivity contribution is 0.0904. The first-order valence-electron chi connectivity index (χ1n) is 8.00. The molecule has 0 unspecified atom stereocenters. The fourth-order valence-corrected chi connectivity index (χ4v) is 2.94. The number of rotatable bonds is 3. The first-order chi connectivity index (χ1) is 11.4. The van der Waals surface area contributed by atoms with Crippen LogP contribution in [0.1, 0.15) is 24.0 Å². The zero-order valence-electron chi connectivity index (χ0n) is 12.9. The van der Waals surface area contributed by atoms with Crippen molar-refractivity contribution in [2.45, 2.75) is 25.4 Å². The Morgan fingerprint density at radius 3 is 2.74 bits per heavy atom. The third-order valence-corrected chi connectivity index (χ3v) is 4.16. The maximum absolute atomic E-state index is 5.98. The standard InChI is InChI=1S/C18H19N3O2/c1-2-4-15(5-3-1)23-18-16-13(12-20-18)6-9-19-17(16)21-14-7-10-22-11-8-14/h1-6,9,14H,7-8,10-12H2,(H,19,21). The van der Waals surface area contributed by atoms with Crippen molar-refractivity contribution < 1.29 is 9.47 Å². The molecule has 1 aromatic heterocycles. The van der Waals surface area contributed by atoms with E-state index in [-0.39, 0.29) is 0 Å². The molecule has 0 bridgehead atoms. The molecule has 0 aliphatic carbocycles. The summed E-state index contributed by atoms with van der Waals surface area (Å²) in [7, 11) is 0. The normalized spacial score (nSPS) is 17.5. The van der Waals surface area contributed by atoms with Gasteiger partial charge in [0.1, 0.15) is 11.6 Å². The van der Waals surface area contributed by atoms with Crippen LogP contribution in [-0.4, -0.2) is 30.1 Å². The monoisotopic (exact) mass is 309 g/mol. The van der Waals surface area contributed by atoms with Gasteiger partial charge in [-0.05, 0) is 36.6 Å². The lowest BCUT2D eigenvalue weighted by atomic mass is 10.1. The quantitative estimate of drug-likeness (QED) is 0.947. The van der Waals surface area contributed by atoms with Crippen LogP contribution in [0.15, 0.2) is 47.6 Å². The molecule has 2 aliphatic heterocycles. The van der Waals surface area contributed by atoms with Crippen molar-refractivity contribution in [3.05, 3.63) is 53.7 Å². The number of aromatic nitrogens is 1. The summed E-state index contributed by atoms with van der Waals surface area (Å²) in [6.45, 7) is 2.24. The van der Waals surface area contributed by atoms with Crippen LogP contribution in [0.3, 0.4) is 0 Å². The van der Waals surface area contributed by atoms with Gasteiger partial charge in [-0.2, -0.15) is 0 Å². The molecule has 23 heavy (non-hydrogen) atoms. The van der Waals surface area contributed by atoms with E-state index in [1.165, 1.54) is 0 Å². The second kappa shape index (κ2) is 6.38. The third kappa shape index (κ3) is 3.05. The van der Waals surface area contributed by atoms with Crippen molar-refractivity contribution in [1.29, 1.82) is 0 Å². The van der Waals surface area contributed by atoms with E-state index in [0.29, 0.717) is 18.5 Å². The minimum absolute atomic E-state index is 0.390. The van der Waals surface area contributed by atoms with E-state index in [1.807, 2.05) is 42.6 Å². The van der Waals surface area contributed by atoms with Crippen LogP contribution in [0.2, 0.25) is 0 Å². The molecular weight excluding hydrogens is 290 g/mol. The summed E-state index contributed by atoms with van der Waals surface area (Å²) in [5, 5.41) is 3.55. The number of benzene rings is 1. The minimum atomic E-state index is 0.390. The molecule has 5 heteroatoms. The molecule has 0 atom stereocenters. The highest BCUT2D eigenvalue weighted by Gasteiger charge is 2.25. The predicted molar refractivity (Wildman–Crippen MR) is 89.0 cm³/mol. The van der Waals surface area contributed by atoms with Gasteiger partial charge in [0.25, 0.3) is 0 Å². The van der Waals surface area contributed by atoms with E-state index in [1.54, 1.807) is 0 Å². The Morgan fingerprint density at radius 1 is 1.09 bits per heavy atom. The summed E-state index contributed by atoms with van der Waals surface area (Å²) in [4.78, 5) is 9.07. The third-order valence-electron chi connectivity index (χ3n) is 4.16. The van der Waals surface area contributed by atoms with Crippen molar-refractivity contribution >= 4 is 11.7 Å². The molecule has 1 aromatic carbocycles. The molecule has 0 saturated carbocycles. The van der Waals surface area contributed by atoms with E-state index >= 15 is 0 Å². The van der Waals surface area contributed by atoms with Crippen molar-refractivity contribution in [3.8, 4) is 5.75 Å². The van der Waals surface area contributed by atoms with E-state index < -0.39 is 0 Å². The molecule has 118 valence electrons. The second-order valence-corrected chi connectivity index (χ2v) is 5.76. The molecule has 4 rings (SSSR count). The number of pyridine rings is 1. The zero-order chi connectivity index (χ0) is 15.5. The number of ether oxygens (including phenoxy) is 2. The lowest BCUT2D eigenvalue weighted by Gasteiger charge is -2.24. The highest BCUT2D eigenvalue weighted by Crippen LogP contribution is 2.28. The number of hydrogen-bond acceptors (Lipinski definition) is 5. The summed E-state index contributed by atoms with van der Waals surface area (Å²) >= 11 is 0. The topological polar surface area (TPSA) is 55.7 Å². The Kier molecular flexibility index (Phi) is 3.94. The van der Waals surface area contributed by atoms with Gasteiger partial charge >= 0.3 is 0 Å². The number of nitrogens with zero attached hydrogens (tertiary/aromatic N) is 2. The van der Waals surface area contributed by atoms with Crippen molar-refractivity contribution in [1.82, 2.24) is 4.98 Å². The maximum Gasteiger partial charge on any atom is 0.226 e. The van der Waals surface area contributed by atoms with Gasteiger partial charge in [0, 0.05) is 25.5 Å². The molecule has 2 aromatic rings. The van der Waals surface area contributed by atoms with E-state index in [0.717, 1.165) is 48.7 Å². The Hall–Kier alpha value is -2.40. The van der Waals surface area contributed by atoms with Crippen LogP contribution in [0, 0.1) is 0 Å². The molecule has 3 heterocycles. The smallest absolute Gasteiger partial charge is 0.226 e. The molecule has 5 nitrogen and oxygen atoms in total. The number of hydrogen-bond donors (Lipinski definition) is 1. The van der Waals surface area contributed by atoms with Gasteiger partial charge in [0.05, 0.1) is 12.1 Å². The molecule has 1 fully saturated rings. The first-order valence-corrected chi connectivity index (χ1v) is 8.00. The van der Waals surface area contributed by atoms with Crippen LogP contribution in [-0.2, 0) is 11.3 Å². The van der Waals surface area contributed by atoms with Crippen LogP contribution in [0.5, 0.6) is 5.75 Å². The number of fused-ring (bicyclic) bond motifs is 1. The number of anilines is 1. The highest BCUT2D eigenvalue weighted by molar-refractivity contribution is 6.03. The van der Waals surface area contributed by atoms with Gasteiger partial charge in [-0.1, -0.05) is 18.2 Å². The molecule has 1 saturated heterocycles. The van der Waals surface area contributed by atoms with Crippen molar-refractivity contribution in [2.75, 3.05) is 18.5 Å². The van der Waals surface area contributed by atoms with Gasteiger partial charge in [-0.15, -0.1) is 0 Å². The second-order valence-electron chi connectivity index (χ2n) is 5.76. The number of para-hydroxylation sites is 1. The number of nitrogens with one attached hydrogen (secondary N) is 1. The van der Waals surface area contributed by atoms with Crippen LogP contribution in [0.4, 0.5) is 5.82 Å². The van der Waals surface area contributed by atoms with Gasteiger partial charge in [0.2, 0.25) is 5.90 Å². The predicted octanol–water partition coefficient (Wildman–Crippen LogP) is 3.01. The van der Waals surface area contributed by atoms with Gasteiger partial charge < -0.3 is 14.8 Å². The van der Waals surface area contributed by atoms with E-state index in [2.05, 4.69) is 15.3 Å². The summed E-state index contributed by atoms with van der Waals surface area (Å²) in [5.74, 6) is 2.30.